The summed E-state index contributed by atoms with van der Waals surface area (Å²) in [5.74, 6) is 0.740. The van der Waals surface area contributed by atoms with Crippen molar-refractivity contribution in [3.63, 3.8) is 0 Å². The lowest BCUT2D eigenvalue weighted by atomic mass is 10.1. The highest BCUT2D eigenvalue weighted by Gasteiger charge is 2.17. The van der Waals surface area contributed by atoms with Crippen LogP contribution in [0.2, 0.25) is 0 Å². The molecule has 1 heterocycles. The van der Waals surface area contributed by atoms with E-state index >= 15 is 0 Å². The standard InChI is InChI=1S/C17H20N4/c1-12(2)21(11-14-5-8-16(19)9-6-14)17-15(10-18)7-4-13(3)20-17/h4-9,12H,11,19H2,1-3H3. The number of hydrogen-bond donors (Lipinski definition) is 1. The number of nitrogen functional groups attached to an aromatic ring is 1. The highest BCUT2D eigenvalue weighted by molar-refractivity contribution is 5.55. The third-order valence-corrected chi connectivity index (χ3v) is 3.36. The van der Waals surface area contributed by atoms with Crippen LogP contribution in [0.1, 0.15) is 30.7 Å². The van der Waals surface area contributed by atoms with Crippen molar-refractivity contribution < 1.29 is 0 Å². The van der Waals surface area contributed by atoms with E-state index in [-0.39, 0.29) is 6.04 Å². The predicted octanol–water partition coefficient (Wildman–Crippen LogP) is 3.26. The number of nitriles is 1. The molecule has 0 saturated carbocycles. The molecule has 4 heteroatoms. The van der Waals surface area contributed by atoms with E-state index < -0.39 is 0 Å². The third kappa shape index (κ3) is 3.51. The zero-order valence-corrected chi connectivity index (χ0v) is 12.7. The molecule has 108 valence electrons. The Labute approximate surface area is 125 Å². The average Bonchev–Trinajstić information content (AvgIpc) is 2.46. The Morgan fingerprint density at radius 2 is 1.86 bits per heavy atom. The lowest BCUT2D eigenvalue weighted by Crippen LogP contribution is -2.31. The minimum atomic E-state index is 0.240. The molecule has 0 amide bonds. The Bertz CT molecular complexity index is 653. The van der Waals surface area contributed by atoms with Crippen LogP contribution in [-0.2, 0) is 6.54 Å². The van der Waals surface area contributed by atoms with E-state index in [1.165, 1.54) is 0 Å². The fourth-order valence-electron chi connectivity index (χ4n) is 2.17. The topological polar surface area (TPSA) is 65.9 Å². The number of anilines is 2. The molecule has 0 spiro atoms. The SMILES string of the molecule is Cc1ccc(C#N)c(N(Cc2ccc(N)cc2)C(C)C)n1. The van der Waals surface area contributed by atoms with Gasteiger partial charge in [-0.3, -0.25) is 0 Å². The highest BCUT2D eigenvalue weighted by atomic mass is 15.2. The number of rotatable bonds is 4. The van der Waals surface area contributed by atoms with Crippen molar-refractivity contribution in [2.24, 2.45) is 0 Å². The smallest absolute Gasteiger partial charge is 0.147 e. The quantitative estimate of drug-likeness (QED) is 0.873. The van der Waals surface area contributed by atoms with E-state index in [1.807, 2.05) is 43.3 Å². The normalized spacial score (nSPS) is 10.4. The molecule has 1 aromatic heterocycles. The van der Waals surface area contributed by atoms with E-state index in [0.29, 0.717) is 12.1 Å². The van der Waals surface area contributed by atoms with Crippen LogP contribution in [0.15, 0.2) is 36.4 Å². The van der Waals surface area contributed by atoms with Gasteiger partial charge in [0, 0.05) is 24.0 Å². The van der Waals surface area contributed by atoms with Crippen LogP contribution < -0.4 is 10.6 Å². The van der Waals surface area contributed by atoms with E-state index in [1.54, 1.807) is 0 Å². The molecule has 0 aliphatic carbocycles. The number of nitrogens with two attached hydrogens (primary N) is 1. The van der Waals surface area contributed by atoms with Crippen molar-refractivity contribution in [1.82, 2.24) is 4.98 Å². The van der Waals surface area contributed by atoms with E-state index in [9.17, 15) is 5.26 Å². The summed E-state index contributed by atoms with van der Waals surface area (Å²) < 4.78 is 0. The zero-order chi connectivity index (χ0) is 15.4. The molecule has 2 N–H and O–H groups in total. The summed E-state index contributed by atoms with van der Waals surface area (Å²) >= 11 is 0. The Hall–Kier alpha value is -2.54. The maximum atomic E-state index is 9.31. The van der Waals surface area contributed by atoms with E-state index in [0.717, 1.165) is 22.8 Å². The molecule has 2 rings (SSSR count). The van der Waals surface area contributed by atoms with Gasteiger partial charge in [0.1, 0.15) is 11.9 Å². The second kappa shape index (κ2) is 6.27. The summed E-state index contributed by atoms with van der Waals surface area (Å²) in [6.45, 7) is 6.83. The number of aromatic nitrogens is 1. The third-order valence-electron chi connectivity index (χ3n) is 3.36. The van der Waals surface area contributed by atoms with Gasteiger partial charge in [-0.2, -0.15) is 5.26 Å². The Balaban J connectivity index is 2.38. The molecule has 0 fully saturated rings. The van der Waals surface area contributed by atoms with Crippen LogP contribution in [-0.4, -0.2) is 11.0 Å². The Morgan fingerprint density at radius 3 is 2.43 bits per heavy atom. The van der Waals surface area contributed by atoms with Crippen molar-refractivity contribution in [1.29, 1.82) is 5.26 Å². The van der Waals surface area contributed by atoms with Gasteiger partial charge in [-0.05, 0) is 50.6 Å². The van der Waals surface area contributed by atoms with Crippen molar-refractivity contribution in [3.8, 4) is 6.07 Å². The van der Waals surface area contributed by atoms with Crippen molar-refractivity contribution >= 4 is 11.5 Å². The first-order valence-corrected chi connectivity index (χ1v) is 7.00. The first-order chi connectivity index (χ1) is 10.0. The molecule has 0 atom stereocenters. The summed E-state index contributed by atoms with van der Waals surface area (Å²) in [5.41, 5.74) is 9.13. The monoisotopic (exact) mass is 280 g/mol. The maximum absolute atomic E-state index is 9.31. The van der Waals surface area contributed by atoms with Crippen LogP contribution >= 0.6 is 0 Å². The maximum Gasteiger partial charge on any atom is 0.147 e. The van der Waals surface area contributed by atoms with Gasteiger partial charge in [0.25, 0.3) is 0 Å². The molecule has 0 aliphatic rings. The van der Waals surface area contributed by atoms with Gasteiger partial charge in [-0.25, -0.2) is 4.98 Å². The second-order valence-electron chi connectivity index (χ2n) is 5.40. The van der Waals surface area contributed by atoms with Gasteiger partial charge < -0.3 is 10.6 Å². The molecular formula is C17H20N4. The van der Waals surface area contributed by atoms with Crippen molar-refractivity contribution in [2.45, 2.75) is 33.4 Å². The van der Waals surface area contributed by atoms with Crippen LogP contribution in [0.25, 0.3) is 0 Å². The first-order valence-electron chi connectivity index (χ1n) is 7.00. The number of aryl methyl sites for hydroxylation is 1. The predicted molar refractivity (Wildman–Crippen MR) is 85.9 cm³/mol. The highest BCUT2D eigenvalue weighted by Crippen LogP contribution is 2.23. The van der Waals surface area contributed by atoms with Gasteiger partial charge in [0.15, 0.2) is 0 Å². The molecule has 0 saturated heterocycles. The molecule has 0 radical (unpaired) electrons. The fraction of sp³-hybridized carbons (Fsp3) is 0.294. The number of pyridine rings is 1. The molecule has 21 heavy (non-hydrogen) atoms. The molecule has 2 aromatic rings. The Kier molecular flexibility index (Phi) is 4.44. The van der Waals surface area contributed by atoms with Gasteiger partial charge in [-0.15, -0.1) is 0 Å². The van der Waals surface area contributed by atoms with E-state index in [4.69, 9.17) is 5.73 Å². The largest absolute Gasteiger partial charge is 0.399 e. The van der Waals surface area contributed by atoms with Crippen LogP contribution in [0, 0.1) is 18.3 Å². The van der Waals surface area contributed by atoms with Crippen LogP contribution in [0.5, 0.6) is 0 Å². The zero-order valence-electron chi connectivity index (χ0n) is 12.7. The molecule has 0 aliphatic heterocycles. The van der Waals surface area contributed by atoms with Crippen LogP contribution in [0.3, 0.4) is 0 Å². The molecule has 0 unspecified atom stereocenters. The molecule has 0 bridgehead atoms. The van der Waals surface area contributed by atoms with Crippen LogP contribution in [0.4, 0.5) is 11.5 Å². The van der Waals surface area contributed by atoms with Crippen molar-refractivity contribution in [3.05, 3.63) is 53.2 Å². The van der Waals surface area contributed by atoms with Gasteiger partial charge >= 0.3 is 0 Å². The fourth-order valence-corrected chi connectivity index (χ4v) is 2.17. The molecular weight excluding hydrogens is 260 g/mol. The summed E-state index contributed by atoms with van der Waals surface area (Å²) in [6.07, 6.45) is 0. The first kappa shape index (κ1) is 14.9. The average molecular weight is 280 g/mol. The summed E-state index contributed by atoms with van der Waals surface area (Å²) in [7, 11) is 0. The number of nitrogens with zero attached hydrogens (tertiary/aromatic N) is 3. The Morgan fingerprint density at radius 1 is 1.19 bits per heavy atom. The number of hydrogen-bond acceptors (Lipinski definition) is 4. The summed E-state index contributed by atoms with van der Waals surface area (Å²) in [6, 6.07) is 14.0. The van der Waals surface area contributed by atoms with Gasteiger partial charge in [-0.1, -0.05) is 12.1 Å². The van der Waals surface area contributed by atoms with E-state index in [2.05, 4.69) is 29.8 Å². The number of benzene rings is 1. The molecule has 1 aromatic carbocycles. The second-order valence-corrected chi connectivity index (χ2v) is 5.40. The van der Waals surface area contributed by atoms with Gasteiger partial charge in [0.2, 0.25) is 0 Å². The van der Waals surface area contributed by atoms with Gasteiger partial charge in [0.05, 0.1) is 5.56 Å². The summed E-state index contributed by atoms with van der Waals surface area (Å²) in [4.78, 5) is 6.69. The lowest BCUT2D eigenvalue weighted by molar-refractivity contribution is 0.670. The van der Waals surface area contributed by atoms with Crippen molar-refractivity contribution in [2.75, 3.05) is 10.6 Å². The molecule has 4 nitrogen and oxygen atoms in total. The lowest BCUT2D eigenvalue weighted by Gasteiger charge is -2.29. The minimum absolute atomic E-state index is 0.240. The summed E-state index contributed by atoms with van der Waals surface area (Å²) in [5, 5.41) is 9.31. The minimum Gasteiger partial charge on any atom is -0.399 e.